The molecule has 2 bridgehead atoms. The minimum absolute atomic E-state index is 0. The molecular weight excluding hydrogens is 393 g/mol. The van der Waals surface area contributed by atoms with E-state index in [1.54, 1.807) is 0 Å². The van der Waals surface area contributed by atoms with E-state index in [1.807, 2.05) is 0 Å². The van der Waals surface area contributed by atoms with Gasteiger partial charge in [-0.2, -0.15) is 0 Å². The average molecular weight is 428 g/mol. The summed E-state index contributed by atoms with van der Waals surface area (Å²) < 4.78 is 0. The minimum Gasteiger partial charge on any atom is -0.342 e. The smallest absolute Gasteiger partial charge is 0.222 e. The van der Waals surface area contributed by atoms with Gasteiger partial charge in [0.15, 0.2) is 0 Å². The number of halogens is 2. The van der Waals surface area contributed by atoms with Crippen LogP contribution < -0.4 is 5.73 Å². The molecule has 4 atom stereocenters. The second-order valence-electron chi connectivity index (χ2n) is 8.59. The molecule has 0 aliphatic carbocycles. The van der Waals surface area contributed by atoms with Crippen molar-refractivity contribution in [2.75, 3.05) is 26.2 Å². The van der Waals surface area contributed by atoms with Gasteiger partial charge in [-0.15, -0.1) is 24.8 Å². The Morgan fingerprint density at radius 1 is 1.07 bits per heavy atom. The van der Waals surface area contributed by atoms with Gasteiger partial charge in [-0.25, -0.2) is 0 Å². The van der Waals surface area contributed by atoms with Crippen LogP contribution in [-0.4, -0.2) is 54.0 Å². The Morgan fingerprint density at radius 2 is 1.86 bits per heavy atom. The summed E-state index contributed by atoms with van der Waals surface area (Å²) in [5, 5.41) is 0. The van der Waals surface area contributed by atoms with Crippen LogP contribution >= 0.6 is 24.8 Å². The minimum atomic E-state index is 0. The van der Waals surface area contributed by atoms with Crippen molar-refractivity contribution in [1.29, 1.82) is 0 Å². The van der Waals surface area contributed by atoms with Gasteiger partial charge in [-0.1, -0.05) is 36.8 Å². The quantitative estimate of drug-likeness (QED) is 0.781. The second kappa shape index (κ2) is 10.8. The van der Waals surface area contributed by atoms with E-state index < -0.39 is 0 Å². The van der Waals surface area contributed by atoms with Crippen LogP contribution in [0.2, 0.25) is 0 Å². The maximum atomic E-state index is 12.5. The molecule has 4 nitrogen and oxygen atoms in total. The van der Waals surface area contributed by atoms with Crippen molar-refractivity contribution in [3.63, 3.8) is 0 Å². The summed E-state index contributed by atoms with van der Waals surface area (Å²) in [6.07, 6.45) is 7.91. The van der Waals surface area contributed by atoms with Crippen molar-refractivity contribution in [1.82, 2.24) is 9.80 Å². The lowest BCUT2D eigenvalue weighted by Gasteiger charge is -2.55. The zero-order valence-electron chi connectivity index (χ0n) is 16.7. The molecule has 3 saturated heterocycles. The summed E-state index contributed by atoms with van der Waals surface area (Å²) in [6.45, 7) is 3.73. The molecule has 6 heteroatoms. The van der Waals surface area contributed by atoms with Crippen LogP contribution in [0.3, 0.4) is 0 Å². The number of nitrogens with two attached hydrogens (primary N) is 1. The Morgan fingerprint density at radius 3 is 2.61 bits per heavy atom. The predicted molar refractivity (Wildman–Crippen MR) is 119 cm³/mol. The van der Waals surface area contributed by atoms with Crippen LogP contribution in [-0.2, 0) is 11.2 Å². The van der Waals surface area contributed by atoms with Gasteiger partial charge in [-0.05, 0) is 56.0 Å². The molecule has 3 aliphatic heterocycles. The first-order valence-corrected chi connectivity index (χ1v) is 10.5. The van der Waals surface area contributed by atoms with Crippen LogP contribution in [0.1, 0.15) is 44.1 Å². The SMILES string of the molecule is Cl.Cl.NCCCC(=O)N1C[C@@H]2C[C@H](C1)[C@@H]1CCC[C@H](Cc3ccccc3)N1C2. The van der Waals surface area contributed by atoms with Crippen molar-refractivity contribution in [2.45, 2.75) is 57.0 Å². The zero-order valence-corrected chi connectivity index (χ0v) is 18.3. The molecular formula is C22H35Cl2N3O. The Hall–Kier alpha value is -0.810. The molecule has 0 unspecified atom stereocenters. The van der Waals surface area contributed by atoms with Gasteiger partial charge in [0.2, 0.25) is 5.91 Å². The Balaban J connectivity index is 0.00000140. The van der Waals surface area contributed by atoms with Crippen LogP contribution in [0.25, 0.3) is 0 Å². The number of rotatable bonds is 5. The van der Waals surface area contributed by atoms with Gasteiger partial charge in [0, 0.05) is 38.1 Å². The lowest BCUT2D eigenvalue weighted by molar-refractivity contribution is -0.139. The molecule has 3 heterocycles. The second-order valence-corrected chi connectivity index (χ2v) is 8.59. The molecule has 4 rings (SSSR count). The number of piperidine rings is 3. The fourth-order valence-electron chi connectivity index (χ4n) is 5.63. The summed E-state index contributed by atoms with van der Waals surface area (Å²) in [5.74, 6) is 1.65. The van der Waals surface area contributed by atoms with E-state index in [-0.39, 0.29) is 24.8 Å². The van der Waals surface area contributed by atoms with Crippen LogP contribution in [0.15, 0.2) is 30.3 Å². The predicted octanol–water partition coefficient (Wildman–Crippen LogP) is 3.51. The maximum absolute atomic E-state index is 12.5. The average Bonchev–Trinajstić information content (AvgIpc) is 2.67. The number of fused-ring (bicyclic) bond motifs is 4. The van der Waals surface area contributed by atoms with E-state index in [9.17, 15) is 4.79 Å². The van der Waals surface area contributed by atoms with E-state index in [0.717, 1.165) is 19.5 Å². The number of hydrogen-bond acceptors (Lipinski definition) is 3. The highest BCUT2D eigenvalue weighted by atomic mass is 35.5. The Labute approximate surface area is 182 Å². The van der Waals surface area contributed by atoms with Gasteiger partial charge < -0.3 is 10.6 Å². The third kappa shape index (κ3) is 5.21. The van der Waals surface area contributed by atoms with E-state index >= 15 is 0 Å². The fourth-order valence-corrected chi connectivity index (χ4v) is 5.63. The van der Waals surface area contributed by atoms with Crippen LogP contribution in [0.4, 0.5) is 0 Å². The number of carbonyl (C=O) groups is 1. The number of amides is 1. The maximum Gasteiger partial charge on any atom is 0.222 e. The van der Waals surface area contributed by atoms with Gasteiger partial charge in [0.25, 0.3) is 0 Å². The van der Waals surface area contributed by atoms with Crippen molar-refractivity contribution in [3.05, 3.63) is 35.9 Å². The van der Waals surface area contributed by atoms with E-state index in [0.29, 0.717) is 42.8 Å². The molecule has 0 saturated carbocycles. The molecule has 1 aromatic carbocycles. The molecule has 1 aromatic rings. The molecule has 2 N–H and O–H groups in total. The molecule has 1 amide bonds. The number of likely N-dealkylation sites (tertiary alicyclic amines) is 1. The van der Waals surface area contributed by atoms with Crippen molar-refractivity contribution < 1.29 is 4.79 Å². The highest BCUT2D eigenvalue weighted by Gasteiger charge is 2.45. The molecule has 0 spiro atoms. The van der Waals surface area contributed by atoms with Crippen LogP contribution in [0.5, 0.6) is 0 Å². The van der Waals surface area contributed by atoms with E-state index in [2.05, 4.69) is 40.1 Å². The third-order valence-electron chi connectivity index (χ3n) is 6.78. The molecule has 0 radical (unpaired) electrons. The Bertz CT molecular complexity index is 615. The summed E-state index contributed by atoms with van der Waals surface area (Å²) in [5.41, 5.74) is 7.05. The molecule has 158 valence electrons. The lowest BCUT2D eigenvalue weighted by atomic mass is 9.74. The number of hydrogen-bond donors (Lipinski definition) is 1. The number of carbonyl (C=O) groups excluding carboxylic acids is 1. The largest absolute Gasteiger partial charge is 0.342 e. The van der Waals surface area contributed by atoms with Crippen molar-refractivity contribution >= 4 is 30.7 Å². The zero-order chi connectivity index (χ0) is 17.9. The van der Waals surface area contributed by atoms with Crippen molar-refractivity contribution in [2.24, 2.45) is 17.6 Å². The Kier molecular flexibility index (Phi) is 9.07. The van der Waals surface area contributed by atoms with Gasteiger partial charge in [0.05, 0.1) is 0 Å². The summed E-state index contributed by atoms with van der Waals surface area (Å²) in [7, 11) is 0. The lowest BCUT2D eigenvalue weighted by Crippen LogP contribution is -2.62. The molecule has 3 fully saturated rings. The van der Waals surface area contributed by atoms with E-state index in [1.165, 1.54) is 44.2 Å². The standard InChI is InChI=1S/C22H33N3O.2ClH/c23-11-5-10-22(26)24-14-18-12-19(16-24)21-9-4-8-20(25(21)15-18)13-17-6-2-1-3-7-17;;/h1-3,6-7,18-21H,4-5,8-16,23H2;2*1H/t18-,19+,20+,21-;;/m0../s1. The summed E-state index contributed by atoms with van der Waals surface area (Å²) in [4.78, 5) is 17.5. The highest BCUT2D eigenvalue weighted by molar-refractivity contribution is 5.85. The van der Waals surface area contributed by atoms with Gasteiger partial charge in [0.1, 0.15) is 0 Å². The first kappa shape index (κ1) is 23.5. The number of nitrogens with zero attached hydrogens (tertiary/aromatic N) is 2. The van der Waals surface area contributed by atoms with Gasteiger partial charge in [-0.3, -0.25) is 9.69 Å². The molecule has 0 aromatic heterocycles. The van der Waals surface area contributed by atoms with Crippen molar-refractivity contribution in [3.8, 4) is 0 Å². The van der Waals surface area contributed by atoms with Gasteiger partial charge >= 0.3 is 0 Å². The first-order chi connectivity index (χ1) is 12.7. The first-order valence-electron chi connectivity index (χ1n) is 10.5. The normalized spacial score (nSPS) is 29.2. The topological polar surface area (TPSA) is 49.6 Å². The summed E-state index contributed by atoms with van der Waals surface area (Å²) in [6, 6.07) is 12.3. The van der Waals surface area contributed by atoms with E-state index in [4.69, 9.17) is 5.73 Å². The van der Waals surface area contributed by atoms with Crippen LogP contribution in [0, 0.1) is 11.8 Å². The molecule has 3 aliphatic rings. The summed E-state index contributed by atoms with van der Waals surface area (Å²) >= 11 is 0. The third-order valence-corrected chi connectivity index (χ3v) is 6.78. The number of benzene rings is 1. The monoisotopic (exact) mass is 427 g/mol. The highest BCUT2D eigenvalue weighted by Crippen LogP contribution is 2.40. The molecule has 28 heavy (non-hydrogen) atoms. The fraction of sp³-hybridized carbons (Fsp3) is 0.682.